The van der Waals surface area contributed by atoms with E-state index in [9.17, 15) is 0 Å². The quantitative estimate of drug-likeness (QED) is 0.622. The molecule has 0 heterocycles. The van der Waals surface area contributed by atoms with Crippen LogP contribution in [0.5, 0.6) is 5.75 Å². The molecule has 3 nitrogen and oxygen atoms in total. The first-order chi connectivity index (χ1) is 8.42. The highest BCUT2D eigenvalue weighted by molar-refractivity contribution is 5.36. The summed E-state index contributed by atoms with van der Waals surface area (Å²) in [4.78, 5) is 0. The topological polar surface area (TPSA) is 30.5 Å². The molecule has 0 aliphatic rings. The van der Waals surface area contributed by atoms with Gasteiger partial charge < -0.3 is 14.8 Å². The van der Waals surface area contributed by atoms with Gasteiger partial charge in [0.05, 0.1) is 0 Å². The lowest BCUT2D eigenvalue weighted by molar-refractivity contribution is 0.0217. The molecular weight excluding hydrogens is 226 g/mol. The van der Waals surface area contributed by atoms with Crippen molar-refractivity contribution in [3.05, 3.63) is 29.3 Å². The van der Waals surface area contributed by atoms with Gasteiger partial charge >= 0.3 is 0 Å². The van der Waals surface area contributed by atoms with Gasteiger partial charge in [-0.15, -0.1) is 0 Å². The van der Waals surface area contributed by atoms with Gasteiger partial charge in [-0.05, 0) is 40.7 Å². The predicted octanol–water partition coefficient (Wildman–Crippen LogP) is 3.26. The molecule has 102 valence electrons. The molecule has 0 amide bonds. The molecule has 1 N–H and O–H groups in total. The lowest BCUT2D eigenvalue weighted by Crippen LogP contribution is -2.35. The van der Waals surface area contributed by atoms with E-state index < -0.39 is 0 Å². The number of hydrogen-bond donors (Lipinski definition) is 1. The molecule has 1 aromatic carbocycles. The van der Waals surface area contributed by atoms with Crippen LogP contribution in [0.2, 0.25) is 0 Å². The molecule has 0 saturated carbocycles. The Bertz CT molecular complexity index is 369. The first-order valence-corrected chi connectivity index (χ1v) is 6.47. The maximum Gasteiger partial charge on any atom is 0.189 e. The normalized spacial score (nSPS) is 11.6. The van der Waals surface area contributed by atoms with Crippen molar-refractivity contribution in [3.8, 4) is 5.75 Å². The molecule has 3 heteroatoms. The summed E-state index contributed by atoms with van der Waals surface area (Å²) in [5.74, 6) is 0.894. The zero-order chi connectivity index (χ0) is 13.6. The number of benzene rings is 1. The fourth-order valence-electron chi connectivity index (χ4n) is 1.54. The minimum atomic E-state index is 0.0981. The zero-order valence-electron chi connectivity index (χ0n) is 12.2. The third-order valence-electron chi connectivity index (χ3n) is 2.53. The van der Waals surface area contributed by atoms with Gasteiger partial charge in [0, 0.05) is 24.3 Å². The van der Waals surface area contributed by atoms with E-state index in [4.69, 9.17) is 9.47 Å². The minimum absolute atomic E-state index is 0.0981. The van der Waals surface area contributed by atoms with Gasteiger partial charge in [-0.25, -0.2) is 0 Å². The van der Waals surface area contributed by atoms with E-state index in [-0.39, 0.29) is 5.54 Å². The van der Waals surface area contributed by atoms with Gasteiger partial charge in [0.15, 0.2) is 6.79 Å². The molecule has 0 fully saturated rings. The smallest absolute Gasteiger partial charge is 0.189 e. The van der Waals surface area contributed by atoms with E-state index >= 15 is 0 Å². The van der Waals surface area contributed by atoms with Gasteiger partial charge in [-0.1, -0.05) is 17.7 Å². The minimum Gasteiger partial charge on any atom is -0.467 e. The van der Waals surface area contributed by atoms with Crippen LogP contribution in [-0.4, -0.2) is 18.9 Å². The fourth-order valence-corrected chi connectivity index (χ4v) is 1.54. The highest BCUT2D eigenvalue weighted by Gasteiger charge is 2.11. The SMILES string of the molecule is CCOCOc1ccc(C)cc1CNC(C)(C)C. The number of rotatable bonds is 6. The Morgan fingerprint density at radius 2 is 1.94 bits per heavy atom. The average Bonchev–Trinajstić information content (AvgIpc) is 2.28. The van der Waals surface area contributed by atoms with Crippen molar-refractivity contribution in [2.24, 2.45) is 0 Å². The van der Waals surface area contributed by atoms with Crippen LogP contribution in [0.3, 0.4) is 0 Å². The van der Waals surface area contributed by atoms with Gasteiger partial charge in [0.2, 0.25) is 0 Å². The van der Waals surface area contributed by atoms with Crippen LogP contribution in [0.1, 0.15) is 38.8 Å². The number of ether oxygens (including phenoxy) is 2. The molecule has 1 rings (SSSR count). The van der Waals surface area contributed by atoms with E-state index in [1.165, 1.54) is 11.1 Å². The Balaban J connectivity index is 2.70. The van der Waals surface area contributed by atoms with Crippen LogP contribution >= 0.6 is 0 Å². The fraction of sp³-hybridized carbons (Fsp3) is 0.600. The molecule has 1 aromatic rings. The van der Waals surface area contributed by atoms with Crippen LogP contribution in [0.4, 0.5) is 0 Å². The molecule has 0 saturated heterocycles. The lowest BCUT2D eigenvalue weighted by Gasteiger charge is -2.22. The summed E-state index contributed by atoms with van der Waals surface area (Å²) in [7, 11) is 0. The summed E-state index contributed by atoms with van der Waals surface area (Å²) in [6.07, 6.45) is 0. The molecule has 0 atom stereocenters. The number of hydrogen-bond acceptors (Lipinski definition) is 3. The zero-order valence-corrected chi connectivity index (χ0v) is 12.2. The predicted molar refractivity (Wildman–Crippen MR) is 74.9 cm³/mol. The van der Waals surface area contributed by atoms with Crippen LogP contribution in [-0.2, 0) is 11.3 Å². The molecule has 18 heavy (non-hydrogen) atoms. The summed E-state index contributed by atoms with van der Waals surface area (Å²) >= 11 is 0. The lowest BCUT2D eigenvalue weighted by atomic mass is 10.1. The highest BCUT2D eigenvalue weighted by atomic mass is 16.7. The molecule has 0 bridgehead atoms. The van der Waals surface area contributed by atoms with Gasteiger partial charge in [0.1, 0.15) is 5.75 Å². The van der Waals surface area contributed by atoms with Gasteiger partial charge in [-0.3, -0.25) is 0 Å². The summed E-state index contributed by atoms with van der Waals surface area (Å²) in [6.45, 7) is 12.3. The molecule has 0 aliphatic carbocycles. The van der Waals surface area contributed by atoms with Crippen molar-refractivity contribution in [2.45, 2.75) is 46.7 Å². The maximum atomic E-state index is 5.64. The second-order valence-corrected chi connectivity index (χ2v) is 5.47. The second-order valence-electron chi connectivity index (χ2n) is 5.47. The Morgan fingerprint density at radius 3 is 2.56 bits per heavy atom. The molecule has 0 spiro atoms. The number of aryl methyl sites for hydroxylation is 1. The Hall–Kier alpha value is -1.06. The monoisotopic (exact) mass is 251 g/mol. The van der Waals surface area contributed by atoms with Crippen molar-refractivity contribution in [3.63, 3.8) is 0 Å². The van der Waals surface area contributed by atoms with Crippen molar-refractivity contribution < 1.29 is 9.47 Å². The first kappa shape index (κ1) is 15.0. The molecular formula is C15H25NO2. The van der Waals surface area contributed by atoms with E-state index in [2.05, 4.69) is 45.1 Å². The molecule has 0 aliphatic heterocycles. The van der Waals surface area contributed by atoms with Crippen molar-refractivity contribution in [1.29, 1.82) is 0 Å². The van der Waals surface area contributed by atoms with Crippen LogP contribution in [0, 0.1) is 6.92 Å². The van der Waals surface area contributed by atoms with E-state index in [0.717, 1.165) is 12.3 Å². The van der Waals surface area contributed by atoms with Crippen molar-refractivity contribution in [1.82, 2.24) is 5.32 Å². The Labute approximate surface area is 110 Å². The average molecular weight is 251 g/mol. The largest absolute Gasteiger partial charge is 0.467 e. The first-order valence-electron chi connectivity index (χ1n) is 6.47. The van der Waals surface area contributed by atoms with E-state index in [0.29, 0.717) is 13.4 Å². The highest BCUT2D eigenvalue weighted by Crippen LogP contribution is 2.20. The number of nitrogens with one attached hydrogen (secondary N) is 1. The van der Waals surface area contributed by atoms with Crippen LogP contribution < -0.4 is 10.1 Å². The summed E-state index contributed by atoms with van der Waals surface area (Å²) in [5, 5.41) is 3.48. The molecule has 0 radical (unpaired) electrons. The third kappa shape index (κ3) is 5.52. The summed E-state index contributed by atoms with van der Waals surface area (Å²) in [6, 6.07) is 6.22. The Morgan fingerprint density at radius 1 is 1.22 bits per heavy atom. The summed E-state index contributed by atoms with van der Waals surface area (Å²) in [5.41, 5.74) is 2.51. The summed E-state index contributed by atoms with van der Waals surface area (Å²) < 4.78 is 10.9. The van der Waals surface area contributed by atoms with Crippen LogP contribution in [0.15, 0.2) is 18.2 Å². The van der Waals surface area contributed by atoms with Crippen molar-refractivity contribution >= 4 is 0 Å². The molecule has 0 unspecified atom stereocenters. The van der Waals surface area contributed by atoms with Gasteiger partial charge in [0.25, 0.3) is 0 Å². The van der Waals surface area contributed by atoms with E-state index in [1.54, 1.807) is 0 Å². The Kier molecular flexibility index (Phi) is 5.63. The second kappa shape index (κ2) is 6.76. The van der Waals surface area contributed by atoms with Gasteiger partial charge in [-0.2, -0.15) is 0 Å². The molecule has 0 aromatic heterocycles. The standard InChI is InChI=1S/C15H25NO2/c1-6-17-11-18-14-8-7-12(2)9-13(14)10-16-15(3,4)5/h7-9,16H,6,10-11H2,1-5H3. The third-order valence-corrected chi connectivity index (χ3v) is 2.53. The van der Waals surface area contributed by atoms with Crippen molar-refractivity contribution in [2.75, 3.05) is 13.4 Å². The maximum absolute atomic E-state index is 5.64. The van der Waals surface area contributed by atoms with E-state index in [1.807, 2.05) is 13.0 Å². The van der Waals surface area contributed by atoms with Crippen LogP contribution in [0.25, 0.3) is 0 Å².